The van der Waals surface area contributed by atoms with E-state index >= 15 is 0 Å². The Bertz CT molecular complexity index is 456. The second-order valence-corrected chi connectivity index (χ2v) is 3.56. The zero-order chi connectivity index (χ0) is 11.4. The molecule has 0 aliphatic rings. The molecule has 82 valence electrons. The van der Waals surface area contributed by atoms with E-state index in [9.17, 15) is 4.39 Å². The summed E-state index contributed by atoms with van der Waals surface area (Å²) in [5.41, 5.74) is 7.10. The van der Waals surface area contributed by atoms with Crippen molar-refractivity contribution in [3.63, 3.8) is 0 Å². The van der Waals surface area contributed by atoms with Gasteiger partial charge in [0.15, 0.2) is 0 Å². The number of nitrogens with zero attached hydrogens (tertiary/aromatic N) is 1. The molecule has 3 heteroatoms. The van der Waals surface area contributed by atoms with Crippen LogP contribution in [-0.2, 0) is 0 Å². The number of hydrogen-bond acceptors (Lipinski definition) is 2. The molecule has 0 aliphatic heterocycles. The predicted octanol–water partition coefficient (Wildman–Crippen LogP) is 2.31. The van der Waals surface area contributed by atoms with Gasteiger partial charge in [-0.3, -0.25) is 4.98 Å². The molecule has 0 saturated carbocycles. The summed E-state index contributed by atoms with van der Waals surface area (Å²) in [7, 11) is 0. The standard InChI is InChI=1S/C13H13FN2/c14-12-6-2-1-5-10(12)11(9-15)13-7-3-4-8-16-13/h1-8,11H,9,15H2/t11-/m0/s1. The van der Waals surface area contributed by atoms with Crippen LogP contribution in [0.1, 0.15) is 17.2 Å². The summed E-state index contributed by atoms with van der Waals surface area (Å²) in [5.74, 6) is -0.411. The van der Waals surface area contributed by atoms with Crippen LogP contribution < -0.4 is 5.73 Å². The SMILES string of the molecule is NC[C@H](c1ccccn1)c1ccccc1F. The fraction of sp³-hybridized carbons (Fsp3) is 0.154. The second-order valence-electron chi connectivity index (χ2n) is 3.56. The van der Waals surface area contributed by atoms with Crippen LogP contribution in [-0.4, -0.2) is 11.5 Å². The van der Waals surface area contributed by atoms with E-state index in [1.165, 1.54) is 6.07 Å². The summed E-state index contributed by atoms with van der Waals surface area (Å²) in [6, 6.07) is 12.3. The first-order valence-electron chi connectivity index (χ1n) is 5.18. The maximum atomic E-state index is 13.6. The Kier molecular flexibility index (Phi) is 3.27. The van der Waals surface area contributed by atoms with Crippen molar-refractivity contribution in [2.24, 2.45) is 5.73 Å². The largest absolute Gasteiger partial charge is 0.329 e. The van der Waals surface area contributed by atoms with E-state index in [1.807, 2.05) is 24.3 Å². The highest BCUT2D eigenvalue weighted by atomic mass is 19.1. The molecule has 16 heavy (non-hydrogen) atoms. The molecule has 0 amide bonds. The van der Waals surface area contributed by atoms with Crippen molar-refractivity contribution in [3.8, 4) is 0 Å². The van der Waals surface area contributed by atoms with Gasteiger partial charge in [0.1, 0.15) is 5.82 Å². The van der Waals surface area contributed by atoms with Gasteiger partial charge < -0.3 is 5.73 Å². The Morgan fingerprint density at radius 3 is 2.50 bits per heavy atom. The number of aromatic nitrogens is 1. The molecule has 1 atom stereocenters. The summed E-state index contributed by atoms with van der Waals surface area (Å²) in [5, 5.41) is 0. The number of pyridine rings is 1. The molecule has 0 fully saturated rings. The van der Waals surface area contributed by atoms with Crippen LogP contribution in [0.3, 0.4) is 0 Å². The van der Waals surface area contributed by atoms with Gasteiger partial charge in [-0.1, -0.05) is 24.3 Å². The summed E-state index contributed by atoms with van der Waals surface area (Å²) in [6.07, 6.45) is 1.69. The van der Waals surface area contributed by atoms with Gasteiger partial charge in [0, 0.05) is 24.4 Å². The Labute approximate surface area is 93.9 Å². The zero-order valence-electron chi connectivity index (χ0n) is 8.81. The van der Waals surface area contributed by atoms with E-state index in [0.29, 0.717) is 12.1 Å². The molecule has 0 saturated heterocycles. The first kappa shape index (κ1) is 10.8. The molecule has 2 nitrogen and oxygen atoms in total. The first-order chi connectivity index (χ1) is 7.83. The van der Waals surface area contributed by atoms with Gasteiger partial charge in [-0.2, -0.15) is 0 Å². The highest BCUT2D eigenvalue weighted by Crippen LogP contribution is 2.23. The molecule has 0 aliphatic carbocycles. The summed E-state index contributed by atoms with van der Waals surface area (Å²) < 4.78 is 13.6. The van der Waals surface area contributed by atoms with Crippen molar-refractivity contribution in [1.82, 2.24) is 4.98 Å². The Balaban J connectivity index is 2.41. The van der Waals surface area contributed by atoms with Gasteiger partial charge in [-0.05, 0) is 23.8 Å². The van der Waals surface area contributed by atoms with Gasteiger partial charge in [0.05, 0.1) is 0 Å². The van der Waals surface area contributed by atoms with Gasteiger partial charge >= 0.3 is 0 Å². The predicted molar refractivity (Wildman–Crippen MR) is 61.5 cm³/mol. The smallest absolute Gasteiger partial charge is 0.127 e. The van der Waals surface area contributed by atoms with Crippen molar-refractivity contribution < 1.29 is 4.39 Å². The molecule has 1 aromatic heterocycles. The molecule has 0 spiro atoms. The third kappa shape index (κ3) is 2.09. The van der Waals surface area contributed by atoms with Crippen LogP contribution >= 0.6 is 0 Å². The van der Waals surface area contributed by atoms with E-state index in [1.54, 1.807) is 18.3 Å². The number of benzene rings is 1. The molecule has 1 aromatic carbocycles. The maximum absolute atomic E-state index is 13.6. The summed E-state index contributed by atoms with van der Waals surface area (Å²) in [6.45, 7) is 0.345. The molecule has 0 bridgehead atoms. The van der Waals surface area contributed by atoms with E-state index in [2.05, 4.69) is 4.98 Å². The monoisotopic (exact) mass is 216 g/mol. The van der Waals surface area contributed by atoms with Crippen molar-refractivity contribution in [2.45, 2.75) is 5.92 Å². The van der Waals surface area contributed by atoms with Gasteiger partial charge in [-0.15, -0.1) is 0 Å². The lowest BCUT2D eigenvalue weighted by Gasteiger charge is -2.15. The van der Waals surface area contributed by atoms with Crippen LogP contribution in [0, 0.1) is 5.82 Å². The van der Waals surface area contributed by atoms with E-state index < -0.39 is 0 Å². The quantitative estimate of drug-likeness (QED) is 0.855. The minimum Gasteiger partial charge on any atom is -0.329 e. The van der Waals surface area contributed by atoms with Gasteiger partial charge in [0.2, 0.25) is 0 Å². The maximum Gasteiger partial charge on any atom is 0.127 e. The lowest BCUT2D eigenvalue weighted by atomic mass is 9.95. The van der Waals surface area contributed by atoms with Crippen LogP contribution in [0.25, 0.3) is 0 Å². The van der Waals surface area contributed by atoms with E-state index in [-0.39, 0.29) is 11.7 Å². The normalized spacial score (nSPS) is 12.4. The first-order valence-corrected chi connectivity index (χ1v) is 5.18. The number of nitrogens with two attached hydrogens (primary N) is 1. The topological polar surface area (TPSA) is 38.9 Å². The molecule has 2 rings (SSSR count). The average Bonchev–Trinajstić information content (AvgIpc) is 2.34. The molecule has 1 heterocycles. The average molecular weight is 216 g/mol. The van der Waals surface area contributed by atoms with E-state index in [4.69, 9.17) is 5.73 Å². The fourth-order valence-corrected chi connectivity index (χ4v) is 1.75. The third-order valence-electron chi connectivity index (χ3n) is 2.56. The number of hydrogen-bond donors (Lipinski definition) is 1. The Morgan fingerprint density at radius 1 is 1.12 bits per heavy atom. The van der Waals surface area contributed by atoms with Crippen molar-refractivity contribution in [1.29, 1.82) is 0 Å². The second kappa shape index (κ2) is 4.86. The van der Waals surface area contributed by atoms with Crippen LogP contribution in [0.15, 0.2) is 48.7 Å². The van der Waals surface area contributed by atoms with Crippen molar-refractivity contribution in [2.75, 3.05) is 6.54 Å². The van der Waals surface area contributed by atoms with Crippen molar-refractivity contribution >= 4 is 0 Å². The molecule has 2 aromatic rings. The molecule has 2 N–H and O–H groups in total. The summed E-state index contributed by atoms with van der Waals surface area (Å²) >= 11 is 0. The minimum absolute atomic E-state index is 0.178. The van der Waals surface area contributed by atoms with Crippen molar-refractivity contribution in [3.05, 3.63) is 65.7 Å². The number of halogens is 1. The van der Waals surface area contributed by atoms with E-state index in [0.717, 1.165) is 5.69 Å². The van der Waals surface area contributed by atoms with Crippen LogP contribution in [0.4, 0.5) is 4.39 Å². The van der Waals surface area contributed by atoms with Crippen LogP contribution in [0.5, 0.6) is 0 Å². The molecular formula is C13H13FN2. The van der Waals surface area contributed by atoms with Gasteiger partial charge in [0.25, 0.3) is 0 Å². The highest BCUT2D eigenvalue weighted by molar-refractivity contribution is 5.30. The zero-order valence-corrected chi connectivity index (χ0v) is 8.81. The molecule has 0 unspecified atom stereocenters. The highest BCUT2D eigenvalue weighted by Gasteiger charge is 2.16. The van der Waals surface area contributed by atoms with Gasteiger partial charge in [-0.25, -0.2) is 4.39 Å². The summed E-state index contributed by atoms with van der Waals surface area (Å²) in [4.78, 5) is 4.22. The molecule has 0 radical (unpaired) electrons. The van der Waals surface area contributed by atoms with Crippen LogP contribution in [0.2, 0.25) is 0 Å². The Hall–Kier alpha value is -1.74. The number of rotatable bonds is 3. The minimum atomic E-state index is -0.233. The molecular weight excluding hydrogens is 203 g/mol. The lowest BCUT2D eigenvalue weighted by Crippen LogP contribution is -2.16. The third-order valence-corrected chi connectivity index (χ3v) is 2.56. The lowest BCUT2D eigenvalue weighted by molar-refractivity contribution is 0.594. The fourth-order valence-electron chi connectivity index (χ4n) is 1.75. The Morgan fingerprint density at radius 2 is 1.88 bits per heavy atom.